The summed E-state index contributed by atoms with van der Waals surface area (Å²) < 4.78 is 42.8. The Morgan fingerprint density at radius 1 is 1.03 bits per heavy atom. The molecule has 0 spiro atoms. The molecular formula is C21H19F3N2O4. The predicted octanol–water partition coefficient (Wildman–Crippen LogP) is 3.20. The smallest absolute Gasteiger partial charge is 0.416 e. The average molecular weight is 420 g/mol. The number of rotatable bonds is 7. The molecule has 9 heteroatoms. The van der Waals surface area contributed by atoms with Gasteiger partial charge in [-0.15, -0.1) is 0 Å². The highest BCUT2D eigenvalue weighted by atomic mass is 19.4. The third-order valence-corrected chi connectivity index (χ3v) is 4.56. The fourth-order valence-corrected chi connectivity index (χ4v) is 3.01. The van der Waals surface area contributed by atoms with Gasteiger partial charge in [0.2, 0.25) is 5.91 Å². The Morgan fingerprint density at radius 2 is 1.70 bits per heavy atom. The van der Waals surface area contributed by atoms with Gasteiger partial charge in [-0.3, -0.25) is 19.3 Å². The number of hydrogen-bond acceptors (Lipinski definition) is 4. The van der Waals surface area contributed by atoms with E-state index < -0.39 is 23.6 Å². The largest absolute Gasteiger partial charge is 0.492 e. The molecule has 2 aromatic carbocycles. The zero-order chi connectivity index (χ0) is 21.9. The molecule has 0 saturated heterocycles. The number of nitrogens with one attached hydrogen (secondary N) is 1. The van der Waals surface area contributed by atoms with Crippen molar-refractivity contribution in [3.63, 3.8) is 0 Å². The van der Waals surface area contributed by atoms with E-state index in [1.165, 1.54) is 12.1 Å². The Bertz CT molecular complexity index is 971. The molecule has 0 aromatic heterocycles. The van der Waals surface area contributed by atoms with E-state index >= 15 is 0 Å². The highest BCUT2D eigenvalue weighted by Gasteiger charge is 2.35. The lowest BCUT2D eigenvalue weighted by Crippen LogP contribution is -2.35. The van der Waals surface area contributed by atoms with Crippen LogP contribution in [0.5, 0.6) is 5.75 Å². The van der Waals surface area contributed by atoms with Crippen LogP contribution in [0.1, 0.15) is 38.3 Å². The van der Waals surface area contributed by atoms with Crippen molar-refractivity contribution < 1.29 is 32.3 Å². The first-order chi connectivity index (χ1) is 14.2. The Kier molecular flexibility index (Phi) is 6.09. The number of halogens is 3. The Hall–Kier alpha value is -3.36. The molecule has 3 amide bonds. The van der Waals surface area contributed by atoms with Gasteiger partial charge >= 0.3 is 6.18 Å². The van der Waals surface area contributed by atoms with Gasteiger partial charge in [0, 0.05) is 13.0 Å². The summed E-state index contributed by atoms with van der Waals surface area (Å²) in [5.41, 5.74) is 0.760. The highest BCUT2D eigenvalue weighted by molar-refractivity contribution is 6.21. The lowest BCUT2D eigenvalue weighted by atomic mass is 10.1. The maximum Gasteiger partial charge on any atom is 0.416 e. The number of carbonyl (C=O) groups is 3. The number of alkyl halides is 3. The van der Waals surface area contributed by atoms with Gasteiger partial charge in [0.25, 0.3) is 11.8 Å². The molecule has 158 valence electrons. The molecule has 1 aliphatic heterocycles. The summed E-state index contributed by atoms with van der Waals surface area (Å²) in [4.78, 5) is 37.7. The molecule has 1 aliphatic rings. The van der Waals surface area contributed by atoms with E-state index in [1.807, 2.05) is 6.92 Å². The van der Waals surface area contributed by atoms with E-state index in [9.17, 15) is 27.6 Å². The van der Waals surface area contributed by atoms with E-state index in [1.54, 1.807) is 18.2 Å². The van der Waals surface area contributed by atoms with Crippen LogP contribution in [-0.2, 0) is 11.0 Å². The molecule has 3 rings (SSSR count). The fraction of sp³-hybridized carbons (Fsp3) is 0.286. The van der Waals surface area contributed by atoms with Crippen molar-refractivity contribution in [2.24, 2.45) is 0 Å². The van der Waals surface area contributed by atoms with Crippen molar-refractivity contribution in [3.8, 4) is 5.75 Å². The summed E-state index contributed by atoms with van der Waals surface area (Å²) >= 11 is 0. The van der Waals surface area contributed by atoms with Crippen LogP contribution in [-0.4, -0.2) is 42.3 Å². The number of imide groups is 1. The van der Waals surface area contributed by atoms with Gasteiger partial charge in [0.15, 0.2) is 0 Å². The zero-order valence-corrected chi connectivity index (χ0v) is 16.1. The second-order valence-corrected chi connectivity index (χ2v) is 6.78. The summed E-state index contributed by atoms with van der Waals surface area (Å²) in [6.45, 7) is 1.96. The molecule has 0 atom stereocenters. The molecule has 0 fully saturated rings. The molecular weight excluding hydrogens is 401 g/mol. The number of aryl methyl sites for hydroxylation is 1. The standard InChI is InChI=1S/C21H19F3N2O4/c1-13-2-7-16-17(12-13)20(29)26(19(16)28)10-8-18(27)25-9-11-30-15-5-3-14(4-6-15)21(22,23)24/h2-7,12H,8-11H2,1H3,(H,25,27). The first-order valence-corrected chi connectivity index (χ1v) is 9.20. The molecule has 6 nitrogen and oxygen atoms in total. The van der Waals surface area contributed by atoms with Gasteiger partial charge in [0.05, 0.1) is 23.2 Å². The number of ether oxygens (including phenoxy) is 1. The molecule has 0 saturated carbocycles. The van der Waals surface area contributed by atoms with Crippen molar-refractivity contribution >= 4 is 17.7 Å². The minimum atomic E-state index is -4.41. The Morgan fingerprint density at radius 3 is 2.37 bits per heavy atom. The first-order valence-electron chi connectivity index (χ1n) is 9.20. The molecule has 1 N–H and O–H groups in total. The summed E-state index contributed by atoms with van der Waals surface area (Å²) in [5, 5.41) is 2.58. The minimum absolute atomic E-state index is 0.0447. The van der Waals surface area contributed by atoms with Crippen LogP contribution in [0.2, 0.25) is 0 Å². The highest BCUT2D eigenvalue weighted by Crippen LogP contribution is 2.30. The van der Waals surface area contributed by atoms with Crippen LogP contribution in [0.15, 0.2) is 42.5 Å². The van der Waals surface area contributed by atoms with E-state index in [2.05, 4.69) is 5.32 Å². The zero-order valence-electron chi connectivity index (χ0n) is 16.1. The topological polar surface area (TPSA) is 75.7 Å². The monoisotopic (exact) mass is 420 g/mol. The second-order valence-electron chi connectivity index (χ2n) is 6.78. The number of carbonyl (C=O) groups excluding carboxylic acids is 3. The second kappa shape index (κ2) is 8.56. The van der Waals surface area contributed by atoms with Crippen molar-refractivity contribution in [3.05, 3.63) is 64.7 Å². The third kappa shape index (κ3) is 4.79. The van der Waals surface area contributed by atoms with E-state index in [-0.39, 0.29) is 37.8 Å². The molecule has 0 bridgehead atoms. The van der Waals surface area contributed by atoms with Crippen LogP contribution in [0.3, 0.4) is 0 Å². The van der Waals surface area contributed by atoms with Gasteiger partial charge in [-0.1, -0.05) is 11.6 Å². The van der Waals surface area contributed by atoms with Crippen LogP contribution in [0.4, 0.5) is 13.2 Å². The van der Waals surface area contributed by atoms with E-state index in [0.717, 1.165) is 22.6 Å². The molecule has 0 radical (unpaired) electrons. The minimum Gasteiger partial charge on any atom is -0.492 e. The molecule has 30 heavy (non-hydrogen) atoms. The maximum atomic E-state index is 12.5. The molecule has 2 aromatic rings. The SMILES string of the molecule is Cc1ccc2c(c1)C(=O)N(CCC(=O)NCCOc1ccc(C(F)(F)F)cc1)C2=O. The Balaban J connectivity index is 1.41. The number of fused-ring (bicyclic) bond motifs is 1. The lowest BCUT2D eigenvalue weighted by Gasteiger charge is -2.13. The molecule has 0 unspecified atom stereocenters. The normalized spacial score (nSPS) is 13.4. The number of nitrogens with zero attached hydrogens (tertiary/aromatic N) is 1. The lowest BCUT2D eigenvalue weighted by molar-refractivity contribution is -0.137. The van der Waals surface area contributed by atoms with Crippen LogP contribution < -0.4 is 10.1 Å². The van der Waals surface area contributed by atoms with Gasteiger partial charge in [-0.25, -0.2) is 0 Å². The summed E-state index contributed by atoms with van der Waals surface area (Å²) in [6, 6.07) is 9.23. The number of hydrogen-bond donors (Lipinski definition) is 1. The van der Waals surface area contributed by atoms with Crippen LogP contribution in [0.25, 0.3) is 0 Å². The summed E-state index contributed by atoms with van der Waals surface area (Å²) in [6.07, 6.45) is -4.48. The molecule has 0 aliphatic carbocycles. The predicted molar refractivity (Wildman–Crippen MR) is 101 cm³/mol. The Labute approximate surface area is 170 Å². The van der Waals surface area contributed by atoms with Gasteiger partial charge in [-0.05, 0) is 43.3 Å². The van der Waals surface area contributed by atoms with Gasteiger partial charge in [-0.2, -0.15) is 13.2 Å². The van der Waals surface area contributed by atoms with Crippen molar-refractivity contribution in [2.75, 3.05) is 19.7 Å². The van der Waals surface area contributed by atoms with Gasteiger partial charge < -0.3 is 10.1 Å². The van der Waals surface area contributed by atoms with Gasteiger partial charge in [0.1, 0.15) is 12.4 Å². The van der Waals surface area contributed by atoms with Crippen molar-refractivity contribution in [1.29, 1.82) is 0 Å². The van der Waals surface area contributed by atoms with Crippen molar-refractivity contribution in [2.45, 2.75) is 19.5 Å². The number of amides is 3. The summed E-state index contributed by atoms with van der Waals surface area (Å²) in [7, 11) is 0. The molecule has 1 heterocycles. The van der Waals surface area contributed by atoms with E-state index in [0.29, 0.717) is 11.1 Å². The van der Waals surface area contributed by atoms with Crippen LogP contribution >= 0.6 is 0 Å². The van der Waals surface area contributed by atoms with Crippen molar-refractivity contribution in [1.82, 2.24) is 10.2 Å². The maximum absolute atomic E-state index is 12.5. The number of benzene rings is 2. The summed E-state index contributed by atoms with van der Waals surface area (Å²) in [5.74, 6) is -0.970. The quantitative estimate of drug-likeness (QED) is 0.552. The van der Waals surface area contributed by atoms with Crippen LogP contribution in [0, 0.1) is 6.92 Å². The third-order valence-electron chi connectivity index (χ3n) is 4.56. The van der Waals surface area contributed by atoms with E-state index in [4.69, 9.17) is 4.74 Å². The average Bonchev–Trinajstić information content (AvgIpc) is 2.93. The first kappa shape index (κ1) is 21.4. The fourth-order valence-electron chi connectivity index (χ4n) is 3.01.